The van der Waals surface area contributed by atoms with Crippen molar-refractivity contribution in [1.29, 1.82) is 0 Å². The molecule has 5 aromatic carbocycles. The lowest BCUT2D eigenvalue weighted by Gasteiger charge is -2.22. The van der Waals surface area contributed by atoms with Gasteiger partial charge in [0.15, 0.2) is 10.2 Å². The Morgan fingerprint density at radius 1 is 0.632 bits per heavy atom. The average Bonchev–Trinajstić information content (AvgIpc) is 3.91. The second-order valence-electron chi connectivity index (χ2n) is 14.6. The predicted octanol–water partition coefficient (Wildman–Crippen LogP) is 10.3. The van der Waals surface area contributed by atoms with E-state index in [1.165, 1.54) is 42.1 Å². The monoisotopic (exact) mass is 1010 g/mol. The summed E-state index contributed by atoms with van der Waals surface area (Å²) in [5.74, 6) is 1.25. The van der Waals surface area contributed by atoms with Crippen LogP contribution >= 0.6 is 34.8 Å². The Hall–Kier alpha value is -6.54. The summed E-state index contributed by atoms with van der Waals surface area (Å²) >= 11 is 3.64. The number of nitrogens with one attached hydrogen (secondary N) is 2. The van der Waals surface area contributed by atoms with Crippen LogP contribution in [0.25, 0.3) is 21.8 Å². The largest absolute Gasteiger partial charge is 0.397 e. The second-order valence-corrected chi connectivity index (χ2v) is 20.0. The van der Waals surface area contributed by atoms with Crippen LogP contribution in [0.3, 0.4) is 0 Å². The molecule has 0 saturated heterocycles. The summed E-state index contributed by atoms with van der Waals surface area (Å²) < 4.78 is 71.4. The third-order valence-electron chi connectivity index (χ3n) is 10.3. The maximum atomic E-state index is 11.7. The van der Waals surface area contributed by atoms with Crippen molar-refractivity contribution in [2.75, 3.05) is 58.1 Å². The van der Waals surface area contributed by atoms with Crippen molar-refractivity contribution in [3.63, 3.8) is 0 Å². The molecule has 8 rings (SSSR count). The lowest BCUT2D eigenvalue weighted by molar-refractivity contribution is 0.481. The van der Waals surface area contributed by atoms with E-state index in [0.717, 1.165) is 66.2 Å². The smallest absolute Gasteiger partial charge is 0.294 e. The lowest BCUT2D eigenvalue weighted by Crippen LogP contribution is -2.21. The number of nitrogens with two attached hydrogens (primary N) is 2. The van der Waals surface area contributed by atoms with E-state index >= 15 is 0 Å². The van der Waals surface area contributed by atoms with E-state index in [0.29, 0.717) is 71.4 Å². The highest BCUT2D eigenvalue weighted by molar-refractivity contribution is 7.98. The predicted molar refractivity (Wildman–Crippen MR) is 274 cm³/mol. The number of fused-ring (bicyclic) bond motifs is 2. The van der Waals surface area contributed by atoms with E-state index < -0.39 is 20.2 Å². The standard InChI is InChI=1S/C37H41N11O3S3.C7H6N2O3S2/c1-5-47(6-2)25-14-18-29(38)32(20-25)39-35-41-36(43-37(42-35)52-23-24-12-10-9-11-13-24)40-33-21-26(48(7-3)8-4)15-19-30(33)44-45-34-28-17-16-27(54(49,50)51)22-31(28)46-53-34;8-7-5-2-1-4(14(10,11)12)3-6(5)9-13-7/h9-22H,5-8,23,38H2,1-4H3,(H,49,50,51)(H2,39,40,41,42,43);1-3H,8H2,(H,10,11,12). The minimum atomic E-state index is -4.38. The molecule has 0 aliphatic heterocycles. The molecule has 0 fully saturated rings. The lowest BCUT2D eigenvalue weighted by atomic mass is 10.2. The number of nitrogen functional groups attached to an aromatic ring is 2. The number of nitrogens with zero attached hydrogens (tertiary/aromatic N) is 9. The van der Waals surface area contributed by atoms with Gasteiger partial charge in [0.1, 0.15) is 10.7 Å². The van der Waals surface area contributed by atoms with Crippen LogP contribution in [0.2, 0.25) is 0 Å². The van der Waals surface area contributed by atoms with Gasteiger partial charge in [0.25, 0.3) is 20.2 Å². The van der Waals surface area contributed by atoms with Crippen molar-refractivity contribution in [2.24, 2.45) is 10.2 Å². The number of azo groups is 1. The molecule has 0 spiro atoms. The Bertz CT molecular complexity index is 3310. The van der Waals surface area contributed by atoms with Gasteiger partial charge in [0, 0.05) is 54.1 Å². The summed E-state index contributed by atoms with van der Waals surface area (Å²) in [5.41, 5.74) is 18.3. The Labute approximate surface area is 405 Å². The number of aromatic nitrogens is 5. The molecule has 0 saturated carbocycles. The number of rotatable bonds is 17. The minimum absolute atomic E-state index is 0.171. The Morgan fingerprint density at radius 2 is 1.18 bits per heavy atom. The average molecular weight is 1010 g/mol. The van der Waals surface area contributed by atoms with Crippen molar-refractivity contribution in [2.45, 2.75) is 48.4 Å². The van der Waals surface area contributed by atoms with Gasteiger partial charge in [0.05, 0.1) is 37.9 Å². The highest BCUT2D eigenvalue weighted by atomic mass is 32.2. The van der Waals surface area contributed by atoms with Crippen LogP contribution in [-0.2, 0) is 26.0 Å². The van der Waals surface area contributed by atoms with Gasteiger partial charge in [-0.3, -0.25) is 9.11 Å². The molecule has 8 N–H and O–H groups in total. The van der Waals surface area contributed by atoms with Crippen LogP contribution in [0.15, 0.2) is 128 Å². The van der Waals surface area contributed by atoms with Gasteiger partial charge in [-0.05, 0) is 129 Å². The van der Waals surface area contributed by atoms with E-state index in [2.05, 4.69) is 79.2 Å². The zero-order valence-electron chi connectivity index (χ0n) is 37.1. The molecule has 3 aromatic heterocycles. The van der Waals surface area contributed by atoms with Gasteiger partial charge in [-0.1, -0.05) is 42.1 Å². The number of hydrogen-bond acceptors (Lipinski definition) is 20. The molecular formula is C44H47N13O6S5. The number of benzene rings is 5. The molecule has 3 heterocycles. The normalized spacial score (nSPS) is 11.7. The first-order chi connectivity index (χ1) is 32.6. The number of hydrogen-bond donors (Lipinski definition) is 6. The zero-order chi connectivity index (χ0) is 48.6. The molecule has 0 radical (unpaired) electrons. The molecule has 8 aromatic rings. The summed E-state index contributed by atoms with van der Waals surface area (Å²) in [6.07, 6.45) is 0. The first kappa shape index (κ1) is 49.4. The molecule has 0 aliphatic rings. The Kier molecular flexibility index (Phi) is 15.7. The maximum absolute atomic E-state index is 11.7. The summed E-state index contributed by atoms with van der Waals surface area (Å²) in [7, 11) is -8.54. The highest BCUT2D eigenvalue weighted by Gasteiger charge is 2.17. The summed E-state index contributed by atoms with van der Waals surface area (Å²) in [6.45, 7) is 11.7. The molecule has 0 atom stereocenters. The fourth-order valence-electron chi connectivity index (χ4n) is 6.78. The van der Waals surface area contributed by atoms with Crippen molar-refractivity contribution >= 4 is 133 Å². The molecule has 0 aliphatic carbocycles. The van der Waals surface area contributed by atoms with Crippen molar-refractivity contribution in [1.82, 2.24) is 23.7 Å². The minimum Gasteiger partial charge on any atom is -0.397 e. The van der Waals surface area contributed by atoms with E-state index in [9.17, 15) is 21.4 Å². The maximum Gasteiger partial charge on any atom is 0.294 e. The van der Waals surface area contributed by atoms with Gasteiger partial charge in [-0.25, -0.2) is 0 Å². The highest BCUT2D eigenvalue weighted by Crippen LogP contribution is 2.38. The van der Waals surface area contributed by atoms with Crippen LogP contribution in [0.1, 0.15) is 33.3 Å². The topological polar surface area (TPSA) is 280 Å². The van der Waals surface area contributed by atoms with Gasteiger partial charge in [0.2, 0.25) is 11.9 Å². The Balaban J connectivity index is 0.000000416. The molecule has 354 valence electrons. The Morgan fingerprint density at radius 3 is 1.78 bits per heavy atom. The molecule has 0 bridgehead atoms. The van der Waals surface area contributed by atoms with E-state index in [1.807, 2.05) is 54.6 Å². The quantitative estimate of drug-likeness (QED) is 0.0214. The fraction of sp³-hybridized carbons (Fsp3) is 0.205. The van der Waals surface area contributed by atoms with Crippen LogP contribution < -0.4 is 31.9 Å². The molecule has 24 heteroatoms. The van der Waals surface area contributed by atoms with Crippen molar-refractivity contribution in [3.8, 4) is 0 Å². The van der Waals surface area contributed by atoms with Crippen molar-refractivity contribution < 1.29 is 25.9 Å². The summed E-state index contributed by atoms with van der Waals surface area (Å²) in [6, 6.07) is 30.1. The van der Waals surface area contributed by atoms with Crippen LogP contribution in [-0.4, -0.2) is 75.8 Å². The molecule has 0 unspecified atom stereocenters. The van der Waals surface area contributed by atoms with E-state index in [4.69, 9.17) is 31.0 Å². The first-order valence-electron chi connectivity index (χ1n) is 21.0. The van der Waals surface area contributed by atoms with Gasteiger partial charge >= 0.3 is 0 Å². The van der Waals surface area contributed by atoms with Gasteiger partial charge in [-0.2, -0.15) is 40.5 Å². The van der Waals surface area contributed by atoms with Gasteiger partial charge in [-0.15, -0.1) is 10.2 Å². The summed E-state index contributed by atoms with van der Waals surface area (Å²) in [5, 5.41) is 18.6. The first-order valence-corrected chi connectivity index (χ1v) is 26.4. The fourth-order valence-corrected chi connectivity index (χ4v) is 9.87. The van der Waals surface area contributed by atoms with Gasteiger partial charge < -0.3 is 31.9 Å². The number of anilines is 8. The number of thioether (sulfide) groups is 1. The molecule has 68 heavy (non-hydrogen) atoms. The third kappa shape index (κ3) is 12.1. The SMILES string of the molecule is CCN(CC)c1ccc(N)c(Nc2nc(Nc3cc(N(CC)CC)ccc3N=Nc3snc4cc(S(=O)(=O)O)ccc34)nc(SCc3ccccc3)n2)c1.Nc1snc2cc(S(=O)(=O)O)ccc12. The summed E-state index contributed by atoms with van der Waals surface area (Å²) in [4.78, 5) is 18.4. The second kappa shape index (κ2) is 21.6. The molecular weight excluding hydrogens is 967 g/mol. The van der Waals surface area contributed by atoms with Crippen LogP contribution in [0.5, 0.6) is 0 Å². The molecule has 19 nitrogen and oxygen atoms in total. The van der Waals surface area contributed by atoms with E-state index in [1.54, 1.807) is 6.07 Å². The third-order valence-corrected chi connectivity index (χ3v) is 14.4. The van der Waals surface area contributed by atoms with Crippen LogP contribution in [0, 0.1) is 0 Å². The zero-order valence-corrected chi connectivity index (χ0v) is 41.2. The van der Waals surface area contributed by atoms with Crippen LogP contribution in [0.4, 0.5) is 56.0 Å². The van der Waals surface area contributed by atoms with Crippen molar-refractivity contribution in [3.05, 3.63) is 109 Å². The van der Waals surface area contributed by atoms with E-state index in [-0.39, 0.29) is 15.7 Å². The molecule has 0 amide bonds.